The zero-order chi connectivity index (χ0) is 13.0. The molecule has 1 aromatic carbocycles. The molecule has 18 heavy (non-hydrogen) atoms. The van der Waals surface area contributed by atoms with Gasteiger partial charge in [0, 0.05) is 12.2 Å². The van der Waals surface area contributed by atoms with Crippen molar-refractivity contribution in [3.05, 3.63) is 53.4 Å². The third kappa shape index (κ3) is 2.74. The van der Waals surface area contributed by atoms with Crippen molar-refractivity contribution in [2.75, 3.05) is 6.54 Å². The van der Waals surface area contributed by atoms with Gasteiger partial charge >= 0.3 is 0 Å². The Balaban J connectivity index is 1.88. The molecule has 5 heteroatoms. The molecule has 0 atom stereocenters. The molecule has 0 aliphatic heterocycles. The number of imidazole rings is 1. The third-order valence-electron chi connectivity index (χ3n) is 2.68. The SMILES string of the molecule is Cc1[nH]cnc1C(=O)NCCc1ccccc1F. The number of halogens is 1. The third-order valence-corrected chi connectivity index (χ3v) is 2.68. The first-order chi connectivity index (χ1) is 8.68. The van der Waals surface area contributed by atoms with Crippen LogP contribution in [0.15, 0.2) is 30.6 Å². The summed E-state index contributed by atoms with van der Waals surface area (Å²) in [5, 5.41) is 2.71. The van der Waals surface area contributed by atoms with Crippen molar-refractivity contribution in [2.24, 2.45) is 0 Å². The molecule has 0 aliphatic carbocycles. The number of aromatic nitrogens is 2. The number of carbonyl (C=O) groups excluding carboxylic acids is 1. The van der Waals surface area contributed by atoms with Crippen molar-refractivity contribution in [1.82, 2.24) is 15.3 Å². The van der Waals surface area contributed by atoms with E-state index in [-0.39, 0.29) is 11.7 Å². The van der Waals surface area contributed by atoms with Gasteiger partial charge in [0.05, 0.1) is 6.33 Å². The highest BCUT2D eigenvalue weighted by atomic mass is 19.1. The van der Waals surface area contributed by atoms with Gasteiger partial charge in [-0.3, -0.25) is 4.79 Å². The van der Waals surface area contributed by atoms with E-state index in [4.69, 9.17) is 0 Å². The Morgan fingerprint density at radius 2 is 2.22 bits per heavy atom. The molecule has 2 aromatic rings. The monoisotopic (exact) mass is 247 g/mol. The molecule has 1 heterocycles. The smallest absolute Gasteiger partial charge is 0.271 e. The van der Waals surface area contributed by atoms with Crippen LogP contribution >= 0.6 is 0 Å². The lowest BCUT2D eigenvalue weighted by molar-refractivity contribution is 0.0949. The van der Waals surface area contributed by atoms with Crippen molar-refractivity contribution < 1.29 is 9.18 Å². The van der Waals surface area contributed by atoms with E-state index in [1.807, 2.05) is 0 Å². The summed E-state index contributed by atoms with van der Waals surface area (Å²) in [6, 6.07) is 6.54. The Kier molecular flexibility index (Phi) is 3.72. The molecule has 0 fully saturated rings. The van der Waals surface area contributed by atoms with Gasteiger partial charge in [0.25, 0.3) is 5.91 Å². The number of amides is 1. The van der Waals surface area contributed by atoms with E-state index in [2.05, 4.69) is 15.3 Å². The number of hydrogen-bond acceptors (Lipinski definition) is 2. The van der Waals surface area contributed by atoms with Gasteiger partial charge in [-0.15, -0.1) is 0 Å². The molecule has 0 saturated carbocycles. The lowest BCUT2D eigenvalue weighted by atomic mass is 10.1. The first-order valence-electron chi connectivity index (χ1n) is 5.70. The topological polar surface area (TPSA) is 57.8 Å². The zero-order valence-corrected chi connectivity index (χ0v) is 10.0. The maximum atomic E-state index is 13.3. The summed E-state index contributed by atoms with van der Waals surface area (Å²) in [5.41, 5.74) is 1.69. The van der Waals surface area contributed by atoms with Crippen molar-refractivity contribution in [2.45, 2.75) is 13.3 Å². The molecule has 0 bridgehead atoms. The van der Waals surface area contributed by atoms with E-state index in [1.165, 1.54) is 12.4 Å². The van der Waals surface area contributed by atoms with Gasteiger partial charge in [0.2, 0.25) is 0 Å². The number of nitrogens with zero attached hydrogens (tertiary/aromatic N) is 1. The quantitative estimate of drug-likeness (QED) is 0.866. The number of H-pyrrole nitrogens is 1. The first-order valence-corrected chi connectivity index (χ1v) is 5.70. The highest BCUT2D eigenvalue weighted by Crippen LogP contribution is 2.06. The number of nitrogens with one attached hydrogen (secondary N) is 2. The summed E-state index contributed by atoms with van der Waals surface area (Å²) in [7, 11) is 0. The van der Waals surface area contributed by atoms with Gasteiger partial charge in [-0.2, -0.15) is 0 Å². The lowest BCUT2D eigenvalue weighted by Crippen LogP contribution is -2.26. The largest absolute Gasteiger partial charge is 0.350 e. The van der Waals surface area contributed by atoms with Crippen LogP contribution in [0.2, 0.25) is 0 Å². The Morgan fingerprint density at radius 1 is 1.44 bits per heavy atom. The summed E-state index contributed by atoms with van der Waals surface area (Å²) >= 11 is 0. The summed E-state index contributed by atoms with van der Waals surface area (Å²) in [4.78, 5) is 18.5. The van der Waals surface area contributed by atoms with Crippen LogP contribution in [0, 0.1) is 12.7 Å². The van der Waals surface area contributed by atoms with Gasteiger partial charge < -0.3 is 10.3 Å². The molecule has 0 spiro atoms. The average molecular weight is 247 g/mol. The number of hydrogen-bond donors (Lipinski definition) is 2. The fourth-order valence-electron chi connectivity index (χ4n) is 1.68. The van der Waals surface area contributed by atoms with E-state index in [1.54, 1.807) is 25.1 Å². The van der Waals surface area contributed by atoms with Crippen LogP contribution in [0.1, 0.15) is 21.7 Å². The standard InChI is InChI=1S/C13H14FN3O/c1-9-12(17-8-16-9)13(18)15-7-6-10-4-2-3-5-11(10)14/h2-5,8H,6-7H2,1H3,(H,15,18)(H,16,17). The molecular weight excluding hydrogens is 233 g/mol. The maximum absolute atomic E-state index is 13.3. The summed E-state index contributed by atoms with van der Waals surface area (Å²) in [6.45, 7) is 2.16. The van der Waals surface area contributed by atoms with Gasteiger partial charge in [-0.05, 0) is 25.0 Å². The molecule has 0 saturated heterocycles. The molecule has 94 valence electrons. The molecule has 0 unspecified atom stereocenters. The average Bonchev–Trinajstić information content (AvgIpc) is 2.78. The highest BCUT2D eigenvalue weighted by molar-refractivity contribution is 5.93. The summed E-state index contributed by atoms with van der Waals surface area (Å²) in [6.07, 6.45) is 1.93. The van der Waals surface area contributed by atoms with Gasteiger partial charge in [0.15, 0.2) is 0 Å². The molecule has 1 amide bonds. The predicted octanol–water partition coefficient (Wildman–Crippen LogP) is 1.83. The molecule has 2 N–H and O–H groups in total. The molecule has 4 nitrogen and oxygen atoms in total. The van der Waals surface area contributed by atoms with Crippen molar-refractivity contribution in [3.63, 3.8) is 0 Å². The van der Waals surface area contributed by atoms with Crippen LogP contribution in [-0.4, -0.2) is 22.4 Å². The Hall–Kier alpha value is -2.17. The molecule has 0 radical (unpaired) electrons. The second-order valence-corrected chi connectivity index (χ2v) is 3.97. The lowest BCUT2D eigenvalue weighted by Gasteiger charge is -2.05. The normalized spacial score (nSPS) is 10.3. The first kappa shape index (κ1) is 12.3. The van der Waals surface area contributed by atoms with Gasteiger partial charge in [-0.1, -0.05) is 18.2 Å². The van der Waals surface area contributed by atoms with E-state index in [9.17, 15) is 9.18 Å². The minimum absolute atomic E-state index is 0.245. The van der Waals surface area contributed by atoms with Gasteiger partial charge in [0.1, 0.15) is 11.5 Å². The van der Waals surface area contributed by atoms with Crippen molar-refractivity contribution in [3.8, 4) is 0 Å². The molecule has 2 rings (SSSR count). The summed E-state index contributed by atoms with van der Waals surface area (Å²) < 4.78 is 13.3. The molecule has 1 aromatic heterocycles. The number of aromatic amines is 1. The second kappa shape index (κ2) is 5.44. The van der Waals surface area contributed by atoms with Crippen LogP contribution in [0.25, 0.3) is 0 Å². The minimum atomic E-state index is -0.248. The van der Waals surface area contributed by atoms with Crippen molar-refractivity contribution >= 4 is 5.91 Å². The van der Waals surface area contributed by atoms with E-state index in [0.717, 1.165) is 5.69 Å². The highest BCUT2D eigenvalue weighted by Gasteiger charge is 2.10. The Bertz CT molecular complexity index is 551. The predicted molar refractivity (Wildman–Crippen MR) is 65.8 cm³/mol. The van der Waals surface area contributed by atoms with Crippen LogP contribution in [0.3, 0.4) is 0 Å². The zero-order valence-electron chi connectivity index (χ0n) is 10.0. The van der Waals surface area contributed by atoms with Crippen LogP contribution in [0.5, 0.6) is 0 Å². The van der Waals surface area contributed by atoms with Gasteiger partial charge in [-0.25, -0.2) is 9.37 Å². The van der Waals surface area contributed by atoms with E-state index < -0.39 is 0 Å². The summed E-state index contributed by atoms with van der Waals surface area (Å²) in [5.74, 6) is -0.493. The van der Waals surface area contributed by atoms with Crippen LogP contribution in [-0.2, 0) is 6.42 Å². The Morgan fingerprint density at radius 3 is 2.89 bits per heavy atom. The second-order valence-electron chi connectivity index (χ2n) is 3.97. The van der Waals surface area contributed by atoms with E-state index in [0.29, 0.717) is 24.2 Å². The number of carbonyl (C=O) groups is 1. The minimum Gasteiger partial charge on any atom is -0.350 e. The van der Waals surface area contributed by atoms with E-state index >= 15 is 0 Å². The molecular formula is C13H14FN3O. The fourth-order valence-corrected chi connectivity index (χ4v) is 1.68. The van der Waals surface area contributed by atoms with Crippen LogP contribution < -0.4 is 5.32 Å². The Labute approximate surface area is 104 Å². The molecule has 0 aliphatic rings. The number of benzene rings is 1. The number of aryl methyl sites for hydroxylation is 1. The maximum Gasteiger partial charge on any atom is 0.271 e. The fraction of sp³-hybridized carbons (Fsp3) is 0.231. The van der Waals surface area contributed by atoms with Crippen molar-refractivity contribution in [1.29, 1.82) is 0 Å². The number of rotatable bonds is 4. The van der Waals surface area contributed by atoms with Crippen LogP contribution in [0.4, 0.5) is 4.39 Å².